The van der Waals surface area contributed by atoms with Crippen molar-refractivity contribution in [1.29, 1.82) is 0 Å². The second kappa shape index (κ2) is 8.05. The van der Waals surface area contributed by atoms with Crippen LogP contribution in [-0.4, -0.2) is 34.0 Å². The van der Waals surface area contributed by atoms with Gasteiger partial charge in [-0.3, -0.25) is 4.79 Å². The van der Waals surface area contributed by atoms with Crippen molar-refractivity contribution in [2.45, 2.75) is 6.92 Å². The van der Waals surface area contributed by atoms with Crippen molar-refractivity contribution >= 4 is 34.9 Å². The van der Waals surface area contributed by atoms with Gasteiger partial charge < -0.3 is 15.4 Å². The van der Waals surface area contributed by atoms with Crippen LogP contribution in [0.1, 0.15) is 27.6 Å². The van der Waals surface area contributed by atoms with Gasteiger partial charge in [0.2, 0.25) is 5.95 Å². The Labute approximate surface area is 155 Å². The van der Waals surface area contributed by atoms with Crippen molar-refractivity contribution in [2.75, 3.05) is 17.7 Å². The summed E-state index contributed by atoms with van der Waals surface area (Å²) in [5, 5.41) is 14.0. The van der Waals surface area contributed by atoms with Gasteiger partial charge in [0.1, 0.15) is 0 Å². The summed E-state index contributed by atoms with van der Waals surface area (Å²) in [5.74, 6) is 0.337. The van der Waals surface area contributed by atoms with E-state index in [0.717, 1.165) is 5.69 Å². The largest absolute Gasteiger partial charge is 0.465 e. The average Bonchev–Trinajstić information content (AvgIpc) is 2.68. The second-order valence-electron chi connectivity index (χ2n) is 5.62. The molecule has 136 valence electrons. The van der Waals surface area contributed by atoms with Gasteiger partial charge in [0, 0.05) is 16.9 Å². The Morgan fingerprint density at radius 2 is 1.74 bits per heavy atom. The first-order valence-electron chi connectivity index (χ1n) is 8.08. The zero-order valence-electron chi connectivity index (χ0n) is 14.8. The Morgan fingerprint density at radius 3 is 2.44 bits per heavy atom. The molecule has 0 radical (unpaired) electrons. The molecular formula is C19H17N5O3. The number of hydrogen-bond donors (Lipinski definition) is 2. The van der Waals surface area contributed by atoms with E-state index >= 15 is 0 Å². The van der Waals surface area contributed by atoms with Crippen LogP contribution in [0.2, 0.25) is 0 Å². The first-order chi connectivity index (χ1) is 13.0. The highest BCUT2D eigenvalue weighted by Crippen LogP contribution is 2.18. The number of nitrogens with one attached hydrogen (secondary N) is 2. The lowest BCUT2D eigenvalue weighted by molar-refractivity contribution is 0.0600. The molecule has 2 aromatic carbocycles. The van der Waals surface area contributed by atoms with Crippen molar-refractivity contribution < 1.29 is 14.3 Å². The van der Waals surface area contributed by atoms with Gasteiger partial charge in [-0.25, -0.2) is 4.79 Å². The van der Waals surface area contributed by atoms with E-state index in [-0.39, 0.29) is 11.7 Å². The van der Waals surface area contributed by atoms with E-state index in [1.165, 1.54) is 20.2 Å². The Balaban J connectivity index is 1.73. The molecule has 8 nitrogen and oxygen atoms in total. The Hall–Kier alpha value is -3.81. The van der Waals surface area contributed by atoms with Crippen LogP contribution >= 0.6 is 0 Å². The van der Waals surface area contributed by atoms with Gasteiger partial charge in [-0.1, -0.05) is 12.1 Å². The summed E-state index contributed by atoms with van der Waals surface area (Å²) in [6.45, 7) is 1.51. The Kier molecular flexibility index (Phi) is 5.36. The van der Waals surface area contributed by atoms with Gasteiger partial charge in [-0.05, 0) is 43.3 Å². The number of benzene rings is 2. The van der Waals surface area contributed by atoms with E-state index in [0.29, 0.717) is 22.6 Å². The fraction of sp³-hybridized carbons (Fsp3) is 0.105. The SMILES string of the molecule is COC(=O)c1ccc(Nc2nncc(Nc3cccc(C(C)=O)c3)n2)cc1. The average molecular weight is 363 g/mol. The minimum absolute atomic E-state index is 0.0165. The summed E-state index contributed by atoms with van der Waals surface area (Å²) < 4.78 is 4.67. The minimum Gasteiger partial charge on any atom is -0.465 e. The normalized spacial score (nSPS) is 10.1. The lowest BCUT2D eigenvalue weighted by Gasteiger charge is -2.09. The summed E-state index contributed by atoms with van der Waals surface area (Å²) in [6, 6.07) is 13.8. The number of carbonyl (C=O) groups is 2. The molecule has 2 N–H and O–H groups in total. The zero-order valence-corrected chi connectivity index (χ0v) is 14.8. The standard InChI is InChI=1S/C19H17N5O3/c1-12(25)14-4-3-5-16(10-14)21-17-11-20-24-19(23-17)22-15-8-6-13(7-9-15)18(26)27-2/h3-11H,1-2H3,(H2,21,22,23,24). The van der Waals surface area contributed by atoms with Gasteiger partial charge in [0.25, 0.3) is 0 Å². The smallest absolute Gasteiger partial charge is 0.337 e. The number of esters is 1. The van der Waals surface area contributed by atoms with Crippen LogP contribution < -0.4 is 10.6 Å². The maximum atomic E-state index is 11.5. The molecule has 0 bridgehead atoms. The highest BCUT2D eigenvalue weighted by Gasteiger charge is 2.07. The summed E-state index contributed by atoms with van der Waals surface area (Å²) in [5.41, 5.74) is 2.46. The molecular weight excluding hydrogens is 346 g/mol. The molecule has 0 amide bonds. The quantitative estimate of drug-likeness (QED) is 0.507. The van der Waals surface area contributed by atoms with E-state index in [4.69, 9.17) is 0 Å². The maximum Gasteiger partial charge on any atom is 0.337 e. The van der Waals surface area contributed by atoms with Gasteiger partial charge in [0.15, 0.2) is 11.6 Å². The third-order valence-electron chi connectivity index (χ3n) is 3.66. The number of hydrogen-bond acceptors (Lipinski definition) is 8. The molecule has 0 fully saturated rings. The number of Topliss-reactive ketones (excluding diaryl/α,β-unsaturated/α-hetero) is 1. The lowest BCUT2D eigenvalue weighted by Crippen LogP contribution is -2.04. The van der Waals surface area contributed by atoms with Crippen molar-refractivity contribution in [3.8, 4) is 0 Å². The fourth-order valence-electron chi connectivity index (χ4n) is 2.32. The molecule has 1 aromatic heterocycles. The number of carbonyl (C=O) groups excluding carboxylic acids is 2. The summed E-state index contributed by atoms with van der Waals surface area (Å²) in [4.78, 5) is 27.3. The van der Waals surface area contributed by atoms with Gasteiger partial charge in [0.05, 0.1) is 18.9 Å². The molecule has 0 aliphatic carbocycles. The van der Waals surface area contributed by atoms with Crippen LogP contribution in [-0.2, 0) is 4.74 Å². The number of nitrogens with zero attached hydrogens (tertiary/aromatic N) is 3. The fourth-order valence-corrected chi connectivity index (χ4v) is 2.32. The highest BCUT2D eigenvalue weighted by atomic mass is 16.5. The predicted molar refractivity (Wildman–Crippen MR) is 101 cm³/mol. The van der Waals surface area contributed by atoms with Crippen LogP contribution in [0.5, 0.6) is 0 Å². The number of aromatic nitrogens is 3. The minimum atomic E-state index is -0.404. The van der Waals surface area contributed by atoms with Crippen LogP contribution in [0.25, 0.3) is 0 Å². The third kappa shape index (κ3) is 4.63. The van der Waals surface area contributed by atoms with E-state index in [2.05, 4.69) is 30.6 Å². The van der Waals surface area contributed by atoms with E-state index in [1.54, 1.807) is 42.5 Å². The first kappa shape index (κ1) is 18.0. The van der Waals surface area contributed by atoms with E-state index < -0.39 is 5.97 Å². The molecule has 27 heavy (non-hydrogen) atoms. The molecule has 0 aliphatic rings. The lowest BCUT2D eigenvalue weighted by atomic mass is 10.1. The van der Waals surface area contributed by atoms with Crippen molar-refractivity contribution in [3.05, 3.63) is 65.9 Å². The topological polar surface area (TPSA) is 106 Å². The van der Waals surface area contributed by atoms with Crippen molar-refractivity contribution in [1.82, 2.24) is 15.2 Å². The number of ether oxygens (including phenoxy) is 1. The molecule has 0 atom stereocenters. The van der Waals surface area contributed by atoms with E-state index in [9.17, 15) is 9.59 Å². The second-order valence-corrected chi connectivity index (χ2v) is 5.62. The Bertz CT molecular complexity index is 973. The highest BCUT2D eigenvalue weighted by molar-refractivity contribution is 5.95. The van der Waals surface area contributed by atoms with Crippen molar-refractivity contribution in [3.63, 3.8) is 0 Å². The molecule has 0 unspecified atom stereocenters. The zero-order chi connectivity index (χ0) is 19.2. The third-order valence-corrected chi connectivity index (χ3v) is 3.66. The van der Waals surface area contributed by atoms with Gasteiger partial charge in [-0.2, -0.15) is 10.1 Å². The number of ketones is 1. The monoisotopic (exact) mass is 363 g/mol. The maximum absolute atomic E-state index is 11.5. The number of rotatable bonds is 6. The van der Waals surface area contributed by atoms with Crippen molar-refractivity contribution in [2.24, 2.45) is 0 Å². The molecule has 3 aromatic rings. The molecule has 0 spiro atoms. The van der Waals surface area contributed by atoms with Crippen LogP contribution in [0.15, 0.2) is 54.7 Å². The predicted octanol–water partition coefficient (Wildman–Crippen LogP) is 3.35. The molecule has 1 heterocycles. The van der Waals surface area contributed by atoms with Crippen LogP contribution in [0.4, 0.5) is 23.1 Å². The summed E-state index contributed by atoms with van der Waals surface area (Å²) in [7, 11) is 1.33. The van der Waals surface area contributed by atoms with Crippen LogP contribution in [0.3, 0.4) is 0 Å². The molecule has 0 saturated carbocycles. The van der Waals surface area contributed by atoms with Gasteiger partial charge in [-0.15, -0.1) is 5.10 Å². The van der Waals surface area contributed by atoms with Gasteiger partial charge >= 0.3 is 5.97 Å². The van der Waals surface area contributed by atoms with E-state index in [1.807, 2.05) is 6.07 Å². The summed E-state index contributed by atoms with van der Waals surface area (Å²) >= 11 is 0. The molecule has 0 saturated heterocycles. The summed E-state index contributed by atoms with van der Waals surface area (Å²) in [6.07, 6.45) is 1.48. The molecule has 0 aliphatic heterocycles. The number of anilines is 4. The van der Waals surface area contributed by atoms with Crippen LogP contribution in [0, 0.1) is 0 Å². The number of methoxy groups -OCH3 is 1. The molecule has 3 rings (SSSR count). The molecule has 8 heteroatoms. The Morgan fingerprint density at radius 1 is 0.963 bits per heavy atom. The first-order valence-corrected chi connectivity index (χ1v) is 8.08.